The molecule has 0 N–H and O–H groups in total. The fourth-order valence-corrected chi connectivity index (χ4v) is 4.74. The Labute approximate surface area is 163 Å². The van der Waals surface area contributed by atoms with Gasteiger partial charge in [0.1, 0.15) is 0 Å². The predicted octanol–water partition coefficient (Wildman–Crippen LogP) is 3.00. The quantitative estimate of drug-likeness (QED) is 0.734. The Morgan fingerprint density at radius 3 is 2.85 bits per heavy atom. The van der Waals surface area contributed by atoms with E-state index in [0.29, 0.717) is 18.4 Å². The number of piperidine rings is 1. The molecule has 1 amide bonds. The number of amides is 1. The summed E-state index contributed by atoms with van der Waals surface area (Å²) in [5, 5.41) is 4.39. The van der Waals surface area contributed by atoms with Crippen molar-refractivity contribution in [3.8, 4) is 0 Å². The summed E-state index contributed by atoms with van der Waals surface area (Å²) in [6.45, 7) is 6.07. The molecular formula is C21H36N4O2. The molecule has 1 aromatic rings. The Morgan fingerprint density at radius 2 is 2.19 bits per heavy atom. The zero-order valence-corrected chi connectivity index (χ0v) is 17.3. The molecule has 0 unspecified atom stereocenters. The SMILES string of the molecule is CCN1CCC[C@@H](CN(C)C(=O)CC[C@@H]2CCCCO2)[C@@H]1c1cnn(C)c1. The highest BCUT2D eigenvalue weighted by atomic mass is 16.5. The summed E-state index contributed by atoms with van der Waals surface area (Å²) in [6, 6.07) is 0.356. The molecule has 6 nitrogen and oxygen atoms in total. The third kappa shape index (κ3) is 5.32. The van der Waals surface area contributed by atoms with Gasteiger partial charge in [0.2, 0.25) is 5.91 Å². The lowest BCUT2D eigenvalue weighted by atomic mass is 9.85. The fraction of sp³-hybridized carbons (Fsp3) is 0.810. The van der Waals surface area contributed by atoms with Gasteiger partial charge in [0, 0.05) is 51.5 Å². The molecule has 2 fully saturated rings. The van der Waals surface area contributed by atoms with Crippen molar-refractivity contribution in [3.05, 3.63) is 18.0 Å². The lowest BCUT2D eigenvalue weighted by Gasteiger charge is -2.42. The van der Waals surface area contributed by atoms with Gasteiger partial charge in [0.15, 0.2) is 0 Å². The number of ether oxygens (including phenoxy) is 1. The van der Waals surface area contributed by atoms with Gasteiger partial charge in [-0.15, -0.1) is 0 Å². The number of likely N-dealkylation sites (tertiary alicyclic amines) is 1. The van der Waals surface area contributed by atoms with Gasteiger partial charge in [-0.3, -0.25) is 14.4 Å². The number of rotatable bonds is 7. The standard InChI is InChI=1S/C21H36N4O2/c1-4-25-12-7-8-17(21(25)18-14-22-24(3)16-18)15-23(2)20(26)11-10-19-9-5-6-13-27-19/h14,16-17,19,21H,4-13,15H2,1-3H3/t17-,19-,21+/m0/s1. The second-order valence-electron chi connectivity index (χ2n) is 8.22. The maximum atomic E-state index is 12.7. The van der Waals surface area contributed by atoms with E-state index in [9.17, 15) is 4.79 Å². The minimum absolute atomic E-state index is 0.253. The molecule has 2 saturated heterocycles. The number of hydrogen-bond donors (Lipinski definition) is 0. The summed E-state index contributed by atoms with van der Waals surface area (Å²) in [4.78, 5) is 17.2. The van der Waals surface area contributed by atoms with Crippen molar-refractivity contribution >= 4 is 5.91 Å². The molecule has 0 radical (unpaired) electrons. The van der Waals surface area contributed by atoms with E-state index in [4.69, 9.17) is 4.74 Å². The number of hydrogen-bond acceptors (Lipinski definition) is 4. The zero-order chi connectivity index (χ0) is 19.2. The van der Waals surface area contributed by atoms with Crippen LogP contribution in [0.1, 0.15) is 63.5 Å². The van der Waals surface area contributed by atoms with Crippen LogP contribution in [-0.4, -0.2) is 64.9 Å². The molecule has 2 aliphatic rings. The van der Waals surface area contributed by atoms with Crippen LogP contribution in [0.2, 0.25) is 0 Å². The first kappa shape index (κ1) is 20.3. The van der Waals surface area contributed by atoms with E-state index in [1.54, 1.807) is 0 Å². The molecule has 0 aromatic carbocycles. The number of aromatic nitrogens is 2. The van der Waals surface area contributed by atoms with Crippen LogP contribution in [0.5, 0.6) is 0 Å². The molecular weight excluding hydrogens is 340 g/mol. The minimum atomic E-state index is 0.253. The molecule has 3 heterocycles. The fourth-order valence-electron chi connectivity index (χ4n) is 4.74. The molecule has 152 valence electrons. The maximum absolute atomic E-state index is 12.7. The summed E-state index contributed by atoms with van der Waals surface area (Å²) in [5.41, 5.74) is 1.28. The zero-order valence-electron chi connectivity index (χ0n) is 17.3. The van der Waals surface area contributed by atoms with E-state index in [1.807, 2.05) is 29.9 Å². The largest absolute Gasteiger partial charge is 0.378 e. The number of carbonyl (C=O) groups is 1. The van der Waals surface area contributed by atoms with Gasteiger partial charge in [-0.05, 0) is 57.5 Å². The van der Waals surface area contributed by atoms with E-state index in [1.165, 1.54) is 24.8 Å². The first-order valence-corrected chi connectivity index (χ1v) is 10.7. The van der Waals surface area contributed by atoms with Crippen molar-refractivity contribution in [2.45, 2.75) is 64.0 Å². The second kappa shape index (κ2) is 9.69. The summed E-state index contributed by atoms with van der Waals surface area (Å²) >= 11 is 0. The Hall–Kier alpha value is -1.40. The monoisotopic (exact) mass is 376 g/mol. The number of carbonyl (C=O) groups excluding carboxylic acids is 1. The summed E-state index contributed by atoms with van der Waals surface area (Å²) in [6.07, 6.45) is 11.7. The molecule has 0 spiro atoms. The summed E-state index contributed by atoms with van der Waals surface area (Å²) < 4.78 is 7.66. The molecule has 6 heteroatoms. The van der Waals surface area contributed by atoms with Crippen LogP contribution in [-0.2, 0) is 16.6 Å². The lowest BCUT2D eigenvalue weighted by molar-refractivity contribution is -0.132. The van der Waals surface area contributed by atoms with Crippen LogP contribution in [0, 0.1) is 5.92 Å². The average Bonchev–Trinajstić information content (AvgIpc) is 3.12. The Bertz CT molecular complexity index is 597. The molecule has 27 heavy (non-hydrogen) atoms. The number of aryl methyl sites for hydroxylation is 1. The molecule has 3 atom stereocenters. The van der Waals surface area contributed by atoms with Gasteiger partial charge >= 0.3 is 0 Å². The van der Waals surface area contributed by atoms with Gasteiger partial charge in [-0.2, -0.15) is 5.10 Å². The first-order valence-electron chi connectivity index (χ1n) is 10.7. The lowest BCUT2D eigenvalue weighted by Crippen LogP contribution is -2.44. The second-order valence-corrected chi connectivity index (χ2v) is 8.22. The van der Waals surface area contributed by atoms with Crippen LogP contribution in [0.4, 0.5) is 0 Å². The van der Waals surface area contributed by atoms with Crippen LogP contribution >= 0.6 is 0 Å². The third-order valence-corrected chi connectivity index (χ3v) is 6.22. The predicted molar refractivity (Wildman–Crippen MR) is 106 cm³/mol. The summed E-state index contributed by atoms with van der Waals surface area (Å²) in [7, 11) is 3.94. The Morgan fingerprint density at radius 1 is 1.33 bits per heavy atom. The molecule has 0 saturated carbocycles. The normalized spacial score (nSPS) is 26.9. The van der Waals surface area contributed by atoms with Crippen molar-refractivity contribution in [1.29, 1.82) is 0 Å². The maximum Gasteiger partial charge on any atom is 0.222 e. The Balaban J connectivity index is 1.58. The van der Waals surface area contributed by atoms with Crippen LogP contribution < -0.4 is 0 Å². The van der Waals surface area contributed by atoms with Crippen molar-refractivity contribution < 1.29 is 9.53 Å². The van der Waals surface area contributed by atoms with E-state index in [2.05, 4.69) is 23.1 Å². The smallest absolute Gasteiger partial charge is 0.222 e. The summed E-state index contributed by atoms with van der Waals surface area (Å²) in [5.74, 6) is 0.713. The third-order valence-electron chi connectivity index (χ3n) is 6.22. The van der Waals surface area contributed by atoms with Gasteiger partial charge in [-0.1, -0.05) is 6.92 Å². The van der Waals surface area contributed by atoms with Crippen molar-refractivity contribution in [1.82, 2.24) is 19.6 Å². The number of nitrogens with zero attached hydrogens (tertiary/aromatic N) is 4. The van der Waals surface area contributed by atoms with Crippen LogP contribution in [0.25, 0.3) is 0 Å². The Kier molecular flexibility index (Phi) is 7.30. The van der Waals surface area contributed by atoms with E-state index >= 15 is 0 Å². The van der Waals surface area contributed by atoms with E-state index < -0.39 is 0 Å². The minimum Gasteiger partial charge on any atom is -0.378 e. The van der Waals surface area contributed by atoms with Gasteiger partial charge in [0.25, 0.3) is 0 Å². The first-order chi connectivity index (χ1) is 13.1. The van der Waals surface area contributed by atoms with Crippen LogP contribution in [0.3, 0.4) is 0 Å². The van der Waals surface area contributed by atoms with Gasteiger partial charge in [-0.25, -0.2) is 0 Å². The highest BCUT2D eigenvalue weighted by Crippen LogP contribution is 2.36. The van der Waals surface area contributed by atoms with Crippen LogP contribution in [0.15, 0.2) is 12.4 Å². The van der Waals surface area contributed by atoms with E-state index in [0.717, 1.165) is 45.5 Å². The topological polar surface area (TPSA) is 50.6 Å². The molecule has 3 rings (SSSR count). The molecule has 2 aliphatic heterocycles. The van der Waals surface area contributed by atoms with E-state index in [-0.39, 0.29) is 12.0 Å². The van der Waals surface area contributed by atoms with Crippen molar-refractivity contribution in [3.63, 3.8) is 0 Å². The average molecular weight is 377 g/mol. The van der Waals surface area contributed by atoms with Gasteiger partial charge < -0.3 is 9.64 Å². The highest BCUT2D eigenvalue weighted by molar-refractivity contribution is 5.75. The van der Waals surface area contributed by atoms with Gasteiger partial charge in [0.05, 0.1) is 12.3 Å². The molecule has 0 aliphatic carbocycles. The van der Waals surface area contributed by atoms with Crippen molar-refractivity contribution in [2.24, 2.45) is 13.0 Å². The molecule has 1 aromatic heterocycles. The molecule has 0 bridgehead atoms. The highest BCUT2D eigenvalue weighted by Gasteiger charge is 2.34. The van der Waals surface area contributed by atoms with Crippen molar-refractivity contribution in [2.75, 3.05) is 33.3 Å².